The number of rotatable bonds is 9. The van der Waals surface area contributed by atoms with Crippen LogP contribution in [0.25, 0.3) is 0 Å². The predicted octanol–water partition coefficient (Wildman–Crippen LogP) is 6.42. The summed E-state index contributed by atoms with van der Waals surface area (Å²) in [6, 6.07) is 14.3. The highest BCUT2D eigenvalue weighted by atomic mass is 16.5. The van der Waals surface area contributed by atoms with E-state index in [0.29, 0.717) is 0 Å². The van der Waals surface area contributed by atoms with E-state index in [2.05, 4.69) is 33.8 Å². The lowest BCUT2D eigenvalue weighted by Crippen LogP contribution is -2.46. The molecule has 0 bridgehead atoms. The van der Waals surface area contributed by atoms with E-state index in [1.165, 1.54) is 57.2 Å². The van der Waals surface area contributed by atoms with Crippen molar-refractivity contribution in [2.45, 2.75) is 51.9 Å². The van der Waals surface area contributed by atoms with Crippen molar-refractivity contribution in [2.75, 3.05) is 37.6 Å². The van der Waals surface area contributed by atoms with E-state index in [0.717, 1.165) is 48.9 Å². The van der Waals surface area contributed by atoms with Crippen molar-refractivity contribution in [3.05, 3.63) is 48.0 Å². The van der Waals surface area contributed by atoms with Crippen LogP contribution in [-0.4, -0.2) is 43.8 Å². The first-order valence-corrected chi connectivity index (χ1v) is 11.8. The number of ether oxygens (including phenoxy) is 1. The third kappa shape index (κ3) is 5.23. The molecule has 0 amide bonds. The van der Waals surface area contributed by atoms with Crippen LogP contribution < -0.4 is 9.64 Å². The van der Waals surface area contributed by atoms with Gasteiger partial charge in [0.1, 0.15) is 11.4 Å². The van der Waals surface area contributed by atoms with Crippen molar-refractivity contribution in [2.24, 2.45) is 4.99 Å². The van der Waals surface area contributed by atoms with Crippen LogP contribution in [0.5, 0.6) is 11.5 Å². The molecule has 1 fully saturated rings. The Morgan fingerprint density at radius 3 is 2.37 bits per heavy atom. The Kier molecular flexibility index (Phi) is 7.41. The monoisotopic (exact) mass is 405 g/mol. The van der Waals surface area contributed by atoms with Gasteiger partial charge < -0.3 is 9.64 Å². The second kappa shape index (κ2) is 10.6. The van der Waals surface area contributed by atoms with Crippen LogP contribution >= 0.6 is 0 Å². The second-order valence-corrected chi connectivity index (χ2v) is 8.47. The van der Waals surface area contributed by atoms with Gasteiger partial charge in [-0.05, 0) is 37.2 Å². The lowest BCUT2D eigenvalue weighted by Gasteiger charge is -2.37. The number of piperazine rings is 1. The van der Waals surface area contributed by atoms with Gasteiger partial charge in [-0.15, -0.1) is 0 Å². The molecule has 4 rings (SSSR count). The normalized spacial score (nSPS) is 16.0. The predicted molar refractivity (Wildman–Crippen MR) is 127 cm³/mol. The number of nitrogens with zero attached hydrogens (tertiary/aromatic N) is 3. The van der Waals surface area contributed by atoms with Gasteiger partial charge in [0.05, 0.1) is 5.56 Å². The van der Waals surface area contributed by atoms with Crippen LogP contribution in [0.2, 0.25) is 0 Å². The maximum Gasteiger partial charge on any atom is 0.153 e. The largest absolute Gasteiger partial charge is 0.454 e. The van der Waals surface area contributed by atoms with E-state index in [9.17, 15) is 0 Å². The van der Waals surface area contributed by atoms with E-state index in [-0.39, 0.29) is 0 Å². The van der Waals surface area contributed by atoms with Crippen LogP contribution in [0.15, 0.2) is 47.5 Å². The minimum atomic E-state index is 0.823. The fourth-order valence-electron chi connectivity index (χ4n) is 4.43. The van der Waals surface area contributed by atoms with Crippen LogP contribution in [-0.2, 0) is 0 Å². The summed E-state index contributed by atoms with van der Waals surface area (Å²) in [5.74, 6) is 1.72. The Balaban J connectivity index is 1.30. The number of benzene rings is 2. The van der Waals surface area contributed by atoms with Gasteiger partial charge in [-0.25, -0.2) is 0 Å². The molecule has 2 heterocycles. The van der Waals surface area contributed by atoms with Gasteiger partial charge in [-0.1, -0.05) is 63.6 Å². The summed E-state index contributed by atoms with van der Waals surface area (Å²) in [5.41, 5.74) is 3.22. The van der Waals surface area contributed by atoms with Gasteiger partial charge >= 0.3 is 0 Å². The molecule has 0 N–H and O–H groups in total. The number of fused-ring (bicyclic) bond motifs is 2. The maximum absolute atomic E-state index is 6.19. The van der Waals surface area contributed by atoms with Gasteiger partial charge in [0.25, 0.3) is 0 Å². The Morgan fingerprint density at radius 2 is 1.53 bits per heavy atom. The number of aliphatic imine (C=N–C) groups is 1. The summed E-state index contributed by atoms with van der Waals surface area (Å²) < 4.78 is 6.19. The van der Waals surface area contributed by atoms with Crippen LogP contribution in [0.3, 0.4) is 0 Å². The molecule has 0 saturated carbocycles. The van der Waals surface area contributed by atoms with Crippen molar-refractivity contribution < 1.29 is 4.74 Å². The summed E-state index contributed by atoms with van der Waals surface area (Å²) >= 11 is 0. The lowest BCUT2D eigenvalue weighted by molar-refractivity contribution is 0.252. The zero-order valence-electron chi connectivity index (χ0n) is 18.4. The van der Waals surface area contributed by atoms with E-state index >= 15 is 0 Å². The first-order valence-electron chi connectivity index (χ1n) is 11.8. The van der Waals surface area contributed by atoms with Gasteiger partial charge in [-0.2, -0.15) is 0 Å². The molecule has 2 aromatic rings. The molecule has 4 nitrogen and oxygen atoms in total. The molecular formula is C26H35N3O. The average molecular weight is 406 g/mol. The highest BCUT2D eigenvalue weighted by molar-refractivity contribution is 5.94. The molecule has 0 radical (unpaired) electrons. The molecule has 4 heteroatoms. The minimum absolute atomic E-state index is 0.823. The molecule has 2 aliphatic heterocycles. The lowest BCUT2D eigenvalue weighted by atomic mass is 10.1. The average Bonchev–Trinajstić information content (AvgIpc) is 2.98. The summed E-state index contributed by atoms with van der Waals surface area (Å²) in [5, 5.41) is 0. The Morgan fingerprint density at radius 1 is 0.800 bits per heavy atom. The topological polar surface area (TPSA) is 28.1 Å². The highest BCUT2D eigenvalue weighted by Crippen LogP contribution is 2.38. The smallest absolute Gasteiger partial charge is 0.153 e. The van der Waals surface area contributed by atoms with Crippen molar-refractivity contribution in [3.8, 4) is 11.5 Å². The number of anilines is 1. The molecule has 0 aliphatic carbocycles. The van der Waals surface area contributed by atoms with Crippen molar-refractivity contribution >= 4 is 17.6 Å². The van der Waals surface area contributed by atoms with E-state index in [1.54, 1.807) is 0 Å². The Labute approximate surface area is 181 Å². The number of unbranched alkanes of at least 4 members (excludes halogenated alkanes) is 6. The molecule has 0 atom stereocenters. The molecular weight excluding hydrogens is 370 g/mol. The second-order valence-electron chi connectivity index (χ2n) is 8.47. The van der Waals surface area contributed by atoms with Crippen LogP contribution in [0.1, 0.15) is 57.4 Å². The number of para-hydroxylation sites is 2. The van der Waals surface area contributed by atoms with Crippen molar-refractivity contribution in [1.29, 1.82) is 0 Å². The van der Waals surface area contributed by atoms with Crippen molar-refractivity contribution in [3.63, 3.8) is 0 Å². The standard InChI is InChI=1S/C26H35N3O/c1-2-3-4-5-6-7-10-16-28-17-19-29(20-18-28)24-13-11-15-25-22(24)21-27-23-12-8-9-14-26(23)30-25/h8-9,11-15,21H,2-7,10,16-20H2,1H3. The SMILES string of the molecule is CCCCCCCCCN1CCN(c2cccc3c2C=Nc2ccccc2O3)CC1. The molecule has 1 saturated heterocycles. The fraction of sp³-hybridized carbons (Fsp3) is 0.500. The summed E-state index contributed by atoms with van der Waals surface area (Å²) in [4.78, 5) is 9.81. The quantitative estimate of drug-likeness (QED) is 0.385. The first kappa shape index (κ1) is 20.9. The zero-order chi connectivity index (χ0) is 20.6. The summed E-state index contributed by atoms with van der Waals surface area (Å²) in [6.45, 7) is 7.93. The van der Waals surface area contributed by atoms with Gasteiger partial charge in [0.15, 0.2) is 5.75 Å². The Hall–Kier alpha value is -2.33. The van der Waals surface area contributed by atoms with E-state index < -0.39 is 0 Å². The van der Waals surface area contributed by atoms with Crippen LogP contribution in [0.4, 0.5) is 11.4 Å². The maximum atomic E-state index is 6.19. The molecule has 160 valence electrons. The molecule has 30 heavy (non-hydrogen) atoms. The van der Waals surface area contributed by atoms with Crippen molar-refractivity contribution in [1.82, 2.24) is 4.90 Å². The highest BCUT2D eigenvalue weighted by Gasteiger charge is 2.21. The van der Waals surface area contributed by atoms with Gasteiger partial charge in [0.2, 0.25) is 0 Å². The third-order valence-electron chi connectivity index (χ3n) is 6.25. The van der Waals surface area contributed by atoms with E-state index in [1.807, 2.05) is 36.5 Å². The zero-order valence-corrected chi connectivity index (χ0v) is 18.4. The van der Waals surface area contributed by atoms with Gasteiger partial charge in [0, 0.05) is 38.1 Å². The van der Waals surface area contributed by atoms with Crippen LogP contribution in [0, 0.1) is 0 Å². The summed E-state index contributed by atoms with van der Waals surface area (Å²) in [6.07, 6.45) is 11.6. The molecule has 0 aromatic heterocycles. The molecule has 2 aromatic carbocycles. The summed E-state index contributed by atoms with van der Waals surface area (Å²) in [7, 11) is 0. The minimum Gasteiger partial charge on any atom is -0.454 e. The molecule has 0 spiro atoms. The fourth-order valence-corrected chi connectivity index (χ4v) is 4.43. The Bertz CT molecular complexity index is 840. The first-order chi connectivity index (χ1) is 14.8. The van der Waals surface area contributed by atoms with Gasteiger partial charge in [-0.3, -0.25) is 9.89 Å². The molecule has 2 aliphatic rings. The number of hydrogen-bond acceptors (Lipinski definition) is 4. The number of hydrogen-bond donors (Lipinski definition) is 0. The van der Waals surface area contributed by atoms with E-state index in [4.69, 9.17) is 4.74 Å². The third-order valence-corrected chi connectivity index (χ3v) is 6.25. The molecule has 0 unspecified atom stereocenters.